The fourth-order valence-electron chi connectivity index (χ4n) is 2.28. The molecule has 0 radical (unpaired) electrons. The van der Waals surface area contributed by atoms with Gasteiger partial charge in [0.2, 0.25) is 0 Å². The second-order valence-corrected chi connectivity index (χ2v) is 4.60. The summed E-state index contributed by atoms with van der Waals surface area (Å²) < 4.78 is 39.4. The van der Waals surface area contributed by atoms with E-state index >= 15 is 0 Å². The van der Waals surface area contributed by atoms with Crippen molar-refractivity contribution in [3.63, 3.8) is 0 Å². The van der Waals surface area contributed by atoms with Gasteiger partial charge >= 0.3 is 0 Å². The van der Waals surface area contributed by atoms with E-state index in [-0.39, 0.29) is 5.82 Å². The lowest BCUT2D eigenvalue weighted by Crippen LogP contribution is -2.15. The normalized spacial score (nSPS) is 12.5. The first-order valence-corrected chi connectivity index (χ1v) is 5.87. The van der Waals surface area contributed by atoms with E-state index < -0.39 is 17.7 Å². The average Bonchev–Trinajstić information content (AvgIpc) is 2.31. The largest absolute Gasteiger partial charge is 0.320 e. The molecule has 4 heteroatoms. The number of nitrogens with two attached hydrogens (primary N) is 1. The van der Waals surface area contributed by atoms with Gasteiger partial charge in [0.05, 0.1) is 6.04 Å². The molecule has 2 N–H and O–H groups in total. The predicted molar refractivity (Wildman–Crippen MR) is 68.3 cm³/mol. The molecular formula is C15H14F3N. The van der Waals surface area contributed by atoms with Gasteiger partial charge in [-0.15, -0.1) is 0 Å². The SMILES string of the molecule is Cc1cc(F)cc(C)c1C(N)c1ccc(F)c(F)c1. The standard InChI is InChI=1S/C15H14F3N/c1-8-5-11(16)6-9(2)14(8)15(19)10-3-4-12(17)13(18)7-10/h3-7,15H,19H2,1-2H3. The van der Waals surface area contributed by atoms with E-state index in [9.17, 15) is 13.2 Å². The molecule has 2 rings (SSSR count). The summed E-state index contributed by atoms with van der Waals surface area (Å²) in [5, 5.41) is 0. The summed E-state index contributed by atoms with van der Waals surface area (Å²) in [5.41, 5.74) is 8.64. The highest BCUT2D eigenvalue weighted by molar-refractivity contribution is 5.42. The molecule has 0 aliphatic carbocycles. The van der Waals surface area contributed by atoms with Crippen LogP contribution in [0.3, 0.4) is 0 Å². The molecule has 0 spiro atoms. The summed E-state index contributed by atoms with van der Waals surface area (Å²) in [4.78, 5) is 0. The highest BCUT2D eigenvalue weighted by Crippen LogP contribution is 2.27. The van der Waals surface area contributed by atoms with E-state index in [0.29, 0.717) is 16.7 Å². The van der Waals surface area contributed by atoms with Gasteiger partial charge in [-0.25, -0.2) is 13.2 Å². The molecule has 19 heavy (non-hydrogen) atoms. The minimum atomic E-state index is -0.939. The van der Waals surface area contributed by atoms with Crippen molar-refractivity contribution >= 4 is 0 Å². The molecule has 0 saturated carbocycles. The van der Waals surface area contributed by atoms with Crippen LogP contribution in [-0.4, -0.2) is 0 Å². The Bertz CT molecular complexity index is 600. The van der Waals surface area contributed by atoms with Crippen LogP contribution < -0.4 is 5.73 Å². The van der Waals surface area contributed by atoms with Crippen LogP contribution >= 0.6 is 0 Å². The smallest absolute Gasteiger partial charge is 0.159 e. The second kappa shape index (κ2) is 5.05. The van der Waals surface area contributed by atoms with E-state index in [4.69, 9.17) is 5.73 Å². The van der Waals surface area contributed by atoms with Crippen LogP contribution in [0.2, 0.25) is 0 Å². The Hall–Kier alpha value is -1.81. The maximum atomic E-state index is 13.2. The van der Waals surface area contributed by atoms with Crippen molar-refractivity contribution in [3.8, 4) is 0 Å². The highest BCUT2D eigenvalue weighted by atomic mass is 19.2. The summed E-state index contributed by atoms with van der Waals surface area (Å²) >= 11 is 0. The lowest BCUT2D eigenvalue weighted by molar-refractivity contribution is 0.506. The van der Waals surface area contributed by atoms with Crippen molar-refractivity contribution in [2.75, 3.05) is 0 Å². The Balaban J connectivity index is 2.49. The molecule has 1 nitrogen and oxygen atoms in total. The van der Waals surface area contributed by atoms with Crippen molar-refractivity contribution in [1.29, 1.82) is 0 Å². The molecule has 2 aromatic carbocycles. The molecular weight excluding hydrogens is 251 g/mol. The molecule has 0 saturated heterocycles. The van der Waals surface area contributed by atoms with Crippen LogP contribution in [0.25, 0.3) is 0 Å². The molecule has 100 valence electrons. The van der Waals surface area contributed by atoms with E-state index in [0.717, 1.165) is 17.7 Å². The Labute approximate surface area is 109 Å². The van der Waals surface area contributed by atoms with E-state index in [2.05, 4.69) is 0 Å². The van der Waals surface area contributed by atoms with Crippen LogP contribution in [0, 0.1) is 31.3 Å². The minimum Gasteiger partial charge on any atom is -0.320 e. The van der Waals surface area contributed by atoms with E-state index in [1.807, 2.05) is 0 Å². The Morgan fingerprint density at radius 1 is 0.895 bits per heavy atom. The Kier molecular flexibility index (Phi) is 3.62. The highest BCUT2D eigenvalue weighted by Gasteiger charge is 2.16. The quantitative estimate of drug-likeness (QED) is 0.878. The van der Waals surface area contributed by atoms with Gasteiger partial charge in [0, 0.05) is 0 Å². The number of benzene rings is 2. The third-order valence-corrected chi connectivity index (χ3v) is 3.17. The van der Waals surface area contributed by atoms with Gasteiger partial charge in [0.25, 0.3) is 0 Å². The number of rotatable bonds is 2. The van der Waals surface area contributed by atoms with Crippen LogP contribution in [0.4, 0.5) is 13.2 Å². The Morgan fingerprint density at radius 2 is 1.47 bits per heavy atom. The van der Waals surface area contributed by atoms with Gasteiger partial charge in [-0.05, 0) is 60.4 Å². The lowest BCUT2D eigenvalue weighted by Gasteiger charge is -2.18. The maximum absolute atomic E-state index is 13.2. The van der Waals surface area contributed by atoms with Crippen molar-refractivity contribution in [3.05, 3.63) is 70.0 Å². The first-order valence-electron chi connectivity index (χ1n) is 5.87. The molecule has 0 fully saturated rings. The van der Waals surface area contributed by atoms with Crippen LogP contribution in [0.15, 0.2) is 30.3 Å². The summed E-state index contributed by atoms with van der Waals surface area (Å²) in [6, 6.07) is 5.69. The van der Waals surface area contributed by atoms with Crippen molar-refractivity contribution in [2.45, 2.75) is 19.9 Å². The zero-order valence-corrected chi connectivity index (χ0v) is 10.7. The fourth-order valence-corrected chi connectivity index (χ4v) is 2.28. The van der Waals surface area contributed by atoms with E-state index in [1.54, 1.807) is 13.8 Å². The predicted octanol–water partition coefficient (Wildman–Crippen LogP) is 3.77. The molecule has 0 aliphatic rings. The molecule has 0 aliphatic heterocycles. The fraction of sp³-hybridized carbons (Fsp3) is 0.200. The van der Waals surface area contributed by atoms with Crippen LogP contribution in [0.1, 0.15) is 28.3 Å². The summed E-state index contributed by atoms with van der Waals surface area (Å²) in [7, 11) is 0. The molecule has 0 heterocycles. The first kappa shape index (κ1) is 13.6. The van der Waals surface area contributed by atoms with Gasteiger partial charge in [0.1, 0.15) is 5.82 Å². The Morgan fingerprint density at radius 3 is 2.00 bits per heavy atom. The molecule has 1 atom stereocenters. The van der Waals surface area contributed by atoms with E-state index in [1.165, 1.54) is 18.2 Å². The molecule has 0 aromatic heterocycles. The van der Waals surface area contributed by atoms with Crippen molar-refractivity contribution < 1.29 is 13.2 Å². The summed E-state index contributed by atoms with van der Waals surface area (Å²) in [5.74, 6) is -2.19. The molecule has 0 bridgehead atoms. The monoisotopic (exact) mass is 265 g/mol. The molecule has 2 aromatic rings. The number of aryl methyl sites for hydroxylation is 2. The summed E-state index contributed by atoms with van der Waals surface area (Å²) in [6.45, 7) is 3.48. The zero-order chi connectivity index (χ0) is 14.2. The average molecular weight is 265 g/mol. The number of hydrogen-bond acceptors (Lipinski definition) is 1. The minimum absolute atomic E-state index is 0.337. The topological polar surface area (TPSA) is 26.0 Å². The first-order chi connectivity index (χ1) is 8.90. The van der Waals surface area contributed by atoms with Crippen LogP contribution in [-0.2, 0) is 0 Å². The van der Waals surface area contributed by atoms with Crippen molar-refractivity contribution in [1.82, 2.24) is 0 Å². The second-order valence-electron chi connectivity index (χ2n) is 4.60. The van der Waals surface area contributed by atoms with Gasteiger partial charge in [-0.1, -0.05) is 6.07 Å². The van der Waals surface area contributed by atoms with Crippen LogP contribution in [0.5, 0.6) is 0 Å². The maximum Gasteiger partial charge on any atom is 0.159 e. The zero-order valence-electron chi connectivity index (χ0n) is 10.7. The van der Waals surface area contributed by atoms with Gasteiger partial charge in [0.15, 0.2) is 11.6 Å². The number of halogens is 3. The number of hydrogen-bond donors (Lipinski definition) is 1. The molecule has 0 amide bonds. The third-order valence-electron chi connectivity index (χ3n) is 3.17. The summed E-state index contributed by atoms with van der Waals surface area (Å²) in [6.07, 6.45) is 0. The van der Waals surface area contributed by atoms with Gasteiger partial charge in [-0.2, -0.15) is 0 Å². The third kappa shape index (κ3) is 2.63. The van der Waals surface area contributed by atoms with Gasteiger partial charge < -0.3 is 5.73 Å². The van der Waals surface area contributed by atoms with Crippen molar-refractivity contribution in [2.24, 2.45) is 5.73 Å². The van der Waals surface area contributed by atoms with Gasteiger partial charge in [-0.3, -0.25) is 0 Å². The molecule has 1 unspecified atom stereocenters. The lowest BCUT2D eigenvalue weighted by atomic mass is 9.92.